The van der Waals surface area contributed by atoms with Crippen LogP contribution in [0.5, 0.6) is 0 Å². The molecule has 0 radical (unpaired) electrons. The smallest absolute Gasteiger partial charge is 0.282 e. The van der Waals surface area contributed by atoms with Gasteiger partial charge in [0.15, 0.2) is 0 Å². The first-order chi connectivity index (χ1) is 9.86. The normalized spacial score (nSPS) is 10.2. The maximum Gasteiger partial charge on any atom is 0.282 e. The zero-order valence-electron chi connectivity index (χ0n) is 10.6. The van der Waals surface area contributed by atoms with Crippen molar-refractivity contribution in [3.05, 3.63) is 56.6 Å². The van der Waals surface area contributed by atoms with Crippen molar-refractivity contribution in [2.24, 2.45) is 0 Å². The van der Waals surface area contributed by atoms with E-state index in [4.69, 9.17) is 11.6 Å². The number of anilines is 1. The summed E-state index contributed by atoms with van der Waals surface area (Å²) in [5, 5.41) is 13.2. The van der Waals surface area contributed by atoms with E-state index in [1.807, 2.05) is 0 Å². The quantitative estimate of drug-likeness (QED) is 0.534. The van der Waals surface area contributed by atoms with Crippen molar-refractivity contribution < 1.29 is 14.1 Å². The maximum atomic E-state index is 13.2. The van der Waals surface area contributed by atoms with E-state index in [1.54, 1.807) is 6.92 Å². The summed E-state index contributed by atoms with van der Waals surface area (Å²) in [4.78, 5) is 29.7. The molecular formula is C12H8ClFN4O3. The summed E-state index contributed by atoms with van der Waals surface area (Å²) in [6, 6.07) is 4.05. The van der Waals surface area contributed by atoms with Crippen LogP contribution in [0.3, 0.4) is 0 Å². The minimum Gasteiger partial charge on any atom is -0.290 e. The molecule has 1 aromatic heterocycles. The van der Waals surface area contributed by atoms with Crippen LogP contribution in [0.15, 0.2) is 24.3 Å². The van der Waals surface area contributed by atoms with E-state index >= 15 is 0 Å². The zero-order valence-corrected chi connectivity index (χ0v) is 11.4. The first kappa shape index (κ1) is 14.8. The zero-order chi connectivity index (χ0) is 15.6. The summed E-state index contributed by atoms with van der Waals surface area (Å²) in [6.45, 7) is 1.63. The van der Waals surface area contributed by atoms with Gasteiger partial charge in [-0.2, -0.15) is 0 Å². The number of nitro benzene ring substituents is 1. The number of nitro groups is 1. The molecule has 0 aliphatic carbocycles. The topological polar surface area (TPSA) is 98.0 Å². The highest BCUT2D eigenvalue weighted by Crippen LogP contribution is 2.20. The molecular weight excluding hydrogens is 303 g/mol. The second-order valence-electron chi connectivity index (χ2n) is 4.03. The van der Waals surface area contributed by atoms with Crippen molar-refractivity contribution in [2.75, 3.05) is 5.32 Å². The molecule has 0 fully saturated rings. The number of benzene rings is 1. The van der Waals surface area contributed by atoms with Gasteiger partial charge in [-0.05, 0) is 25.1 Å². The van der Waals surface area contributed by atoms with Crippen LogP contribution in [0, 0.1) is 22.9 Å². The number of aromatic nitrogens is 2. The molecule has 21 heavy (non-hydrogen) atoms. The van der Waals surface area contributed by atoms with Crippen molar-refractivity contribution in [3.8, 4) is 0 Å². The molecule has 1 aromatic carbocycles. The van der Waals surface area contributed by atoms with E-state index in [2.05, 4.69) is 15.3 Å². The highest BCUT2D eigenvalue weighted by molar-refractivity contribution is 6.29. The van der Waals surface area contributed by atoms with Crippen LogP contribution in [-0.4, -0.2) is 20.8 Å². The fourth-order valence-corrected chi connectivity index (χ4v) is 1.84. The average molecular weight is 311 g/mol. The molecule has 1 heterocycles. The SMILES string of the molecule is Cc1cc(Cl)nc(NC(=O)c2cc(F)ccc2[N+](=O)[O-])n1. The van der Waals surface area contributed by atoms with Crippen LogP contribution in [0.2, 0.25) is 5.15 Å². The van der Waals surface area contributed by atoms with Crippen molar-refractivity contribution in [1.29, 1.82) is 0 Å². The molecule has 1 N–H and O–H groups in total. The van der Waals surface area contributed by atoms with Gasteiger partial charge in [-0.1, -0.05) is 11.6 Å². The lowest BCUT2D eigenvalue weighted by Gasteiger charge is -2.05. The third-order valence-corrected chi connectivity index (χ3v) is 2.64. The predicted octanol–water partition coefficient (Wildman–Crippen LogP) is 2.74. The molecule has 0 bridgehead atoms. The number of hydrogen-bond donors (Lipinski definition) is 1. The number of hydrogen-bond acceptors (Lipinski definition) is 5. The molecule has 0 atom stereocenters. The molecule has 0 saturated heterocycles. The molecule has 1 amide bonds. The van der Waals surface area contributed by atoms with Crippen LogP contribution in [0.1, 0.15) is 16.1 Å². The fourth-order valence-electron chi connectivity index (χ4n) is 1.60. The molecule has 0 unspecified atom stereocenters. The Morgan fingerprint density at radius 1 is 1.38 bits per heavy atom. The predicted molar refractivity (Wildman–Crippen MR) is 72.8 cm³/mol. The third kappa shape index (κ3) is 3.48. The van der Waals surface area contributed by atoms with E-state index in [0.29, 0.717) is 5.69 Å². The van der Waals surface area contributed by atoms with Crippen LogP contribution in [0.25, 0.3) is 0 Å². The molecule has 7 nitrogen and oxygen atoms in total. The number of nitrogens with one attached hydrogen (secondary N) is 1. The standard InChI is InChI=1S/C12H8ClFN4O3/c1-6-4-10(13)16-12(15-6)17-11(19)8-5-7(14)2-3-9(8)18(20)21/h2-5H,1H3,(H,15,16,17,19). The molecule has 108 valence electrons. The first-order valence-electron chi connectivity index (χ1n) is 5.63. The highest BCUT2D eigenvalue weighted by atomic mass is 35.5. The molecule has 2 aromatic rings. The molecule has 2 rings (SSSR count). The number of aryl methyl sites for hydroxylation is 1. The van der Waals surface area contributed by atoms with Crippen molar-refractivity contribution in [1.82, 2.24) is 9.97 Å². The summed E-state index contributed by atoms with van der Waals surface area (Å²) in [5.74, 6) is -1.79. The van der Waals surface area contributed by atoms with Gasteiger partial charge in [0, 0.05) is 11.8 Å². The number of amides is 1. The maximum absolute atomic E-state index is 13.2. The monoisotopic (exact) mass is 310 g/mol. The van der Waals surface area contributed by atoms with Crippen molar-refractivity contribution in [2.45, 2.75) is 6.92 Å². The lowest BCUT2D eigenvalue weighted by Crippen LogP contribution is -2.16. The number of nitrogens with zero attached hydrogens (tertiary/aromatic N) is 3. The number of rotatable bonds is 3. The Hall–Kier alpha value is -2.61. The van der Waals surface area contributed by atoms with Gasteiger partial charge >= 0.3 is 0 Å². The Morgan fingerprint density at radius 3 is 2.71 bits per heavy atom. The number of halogens is 2. The summed E-state index contributed by atoms with van der Waals surface area (Å²) in [6.07, 6.45) is 0. The fraction of sp³-hybridized carbons (Fsp3) is 0.0833. The largest absolute Gasteiger partial charge is 0.290 e. The average Bonchev–Trinajstić information content (AvgIpc) is 2.36. The molecule has 9 heteroatoms. The minimum atomic E-state index is -0.900. The molecule has 0 aliphatic heterocycles. The van der Waals surface area contributed by atoms with Crippen LogP contribution >= 0.6 is 11.6 Å². The van der Waals surface area contributed by atoms with Crippen LogP contribution < -0.4 is 5.32 Å². The summed E-state index contributed by atoms with van der Waals surface area (Å²) in [5.41, 5.74) is -0.451. The Bertz CT molecular complexity index is 718. The molecule has 0 spiro atoms. The second-order valence-corrected chi connectivity index (χ2v) is 4.42. The van der Waals surface area contributed by atoms with Gasteiger partial charge in [0.05, 0.1) is 4.92 Å². The Balaban J connectivity index is 2.36. The van der Waals surface area contributed by atoms with Gasteiger partial charge in [-0.25, -0.2) is 14.4 Å². The van der Waals surface area contributed by atoms with Crippen LogP contribution in [0.4, 0.5) is 16.0 Å². The number of carbonyl (C=O) groups excluding carboxylic acids is 1. The number of carbonyl (C=O) groups is 1. The summed E-state index contributed by atoms with van der Waals surface area (Å²) >= 11 is 5.72. The van der Waals surface area contributed by atoms with E-state index in [1.165, 1.54) is 6.07 Å². The van der Waals surface area contributed by atoms with Gasteiger partial charge < -0.3 is 0 Å². The third-order valence-electron chi connectivity index (χ3n) is 2.45. The lowest BCUT2D eigenvalue weighted by atomic mass is 10.1. The van der Waals surface area contributed by atoms with E-state index < -0.39 is 27.9 Å². The van der Waals surface area contributed by atoms with Gasteiger partial charge in [0.1, 0.15) is 16.5 Å². The Labute approximate surface area is 122 Å². The highest BCUT2D eigenvalue weighted by Gasteiger charge is 2.21. The van der Waals surface area contributed by atoms with Gasteiger partial charge in [0.2, 0.25) is 5.95 Å². The van der Waals surface area contributed by atoms with Crippen molar-refractivity contribution in [3.63, 3.8) is 0 Å². The van der Waals surface area contributed by atoms with Gasteiger partial charge in [-0.3, -0.25) is 20.2 Å². The molecule has 0 saturated carbocycles. The van der Waals surface area contributed by atoms with Gasteiger partial charge in [0.25, 0.3) is 11.6 Å². The minimum absolute atomic E-state index is 0.103. The van der Waals surface area contributed by atoms with E-state index in [9.17, 15) is 19.3 Å². The Morgan fingerprint density at radius 2 is 2.10 bits per heavy atom. The second kappa shape index (κ2) is 5.80. The Kier molecular flexibility index (Phi) is 4.08. The summed E-state index contributed by atoms with van der Waals surface area (Å²) in [7, 11) is 0. The van der Waals surface area contributed by atoms with Crippen molar-refractivity contribution >= 4 is 29.1 Å². The van der Waals surface area contributed by atoms with E-state index in [-0.39, 0.29) is 11.1 Å². The first-order valence-corrected chi connectivity index (χ1v) is 6.01. The molecule has 0 aliphatic rings. The van der Waals surface area contributed by atoms with Crippen LogP contribution in [-0.2, 0) is 0 Å². The van der Waals surface area contributed by atoms with Gasteiger partial charge in [-0.15, -0.1) is 0 Å². The van der Waals surface area contributed by atoms with E-state index in [0.717, 1.165) is 18.2 Å². The summed E-state index contributed by atoms with van der Waals surface area (Å²) < 4.78 is 13.2. The lowest BCUT2D eigenvalue weighted by molar-refractivity contribution is -0.385.